The number of unbranched alkanes of at least 4 members (excludes halogenated alkanes) is 1. The minimum atomic E-state index is -3.87. The Labute approximate surface area is 130 Å². The highest BCUT2D eigenvalue weighted by Gasteiger charge is 2.14. The van der Waals surface area contributed by atoms with E-state index in [1.54, 1.807) is 0 Å². The molecule has 0 spiro atoms. The van der Waals surface area contributed by atoms with Gasteiger partial charge in [-0.3, -0.25) is 13.8 Å². The second-order valence-corrected chi connectivity index (χ2v) is 8.04. The predicted molar refractivity (Wildman–Crippen MR) is 75.8 cm³/mol. The maximum absolute atomic E-state index is 11.3. The molecule has 0 aliphatic heterocycles. The smallest absolute Gasteiger partial charge is 0.306 e. The molecule has 0 amide bonds. The first-order chi connectivity index (χ1) is 10.1. The highest BCUT2D eigenvalue weighted by Crippen LogP contribution is 2.04. The Balaban J connectivity index is 3.79. The molecule has 0 aliphatic rings. The van der Waals surface area contributed by atoms with Crippen LogP contribution < -0.4 is 0 Å². The molecule has 0 bridgehead atoms. The average Bonchev–Trinajstić information content (AvgIpc) is 2.38. The van der Waals surface area contributed by atoms with Gasteiger partial charge in [0.05, 0.1) is 6.61 Å². The lowest BCUT2D eigenvalue weighted by molar-refractivity contribution is -0.143. The zero-order chi connectivity index (χ0) is 17.2. The molecule has 0 saturated carbocycles. The lowest BCUT2D eigenvalue weighted by Crippen LogP contribution is -2.16. The standard InChI is InChI=1S/C11H20O9S2/c1-3-20-22(16,17)9-19-11(13)7-5-4-6-10(12)18-8-21(2,14)15/h3-9H2,1-2H3. The van der Waals surface area contributed by atoms with Gasteiger partial charge in [-0.25, -0.2) is 8.42 Å². The van der Waals surface area contributed by atoms with Crippen LogP contribution >= 0.6 is 0 Å². The number of hydrogen-bond acceptors (Lipinski definition) is 9. The van der Waals surface area contributed by atoms with Gasteiger partial charge < -0.3 is 9.47 Å². The van der Waals surface area contributed by atoms with Gasteiger partial charge in [0, 0.05) is 19.1 Å². The fourth-order valence-electron chi connectivity index (χ4n) is 1.21. The Bertz CT molecular complexity index is 562. The minimum absolute atomic E-state index is 0.0416. The van der Waals surface area contributed by atoms with Gasteiger partial charge in [-0.2, -0.15) is 8.42 Å². The molecule has 0 atom stereocenters. The number of hydrogen-bond donors (Lipinski definition) is 0. The number of carbonyl (C=O) groups excluding carboxylic acids is 2. The Morgan fingerprint density at radius 3 is 1.73 bits per heavy atom. The van der Waals surface area contributed by atoms with Gasteiger partial charge in [0.2, 0.25) is 5.94 Å². The third kappa shape index (κ3) is 12.5. The van der Waals surface area contributed by atoms with Crippen molar-refractivity contribution < 1.29 is 40.1 Å². The molecule has 0 rings (SSSR count). The van der Waals surface area contributed by atoms with Crippen LogP contribution in [0.5, 0.6) is 0 Å². The maximum Gasteiger partial charge on any atom is 0.306 e. The van der Waals surface area contributed by atoms with Crippen molar-refractivity contribution in [2.24, 2.45) is 0 Å². The molecule has 9 nitrogen and oxygen atoms in total. The van der Waals surface area contributed by atoms with Crippen molar-refractivity contribution in [1.82, 2.24) is 0 Å². The summed E-state index contributed by atoms with van der Waals surface area (Å²) in [5.74, 6) is -2.94. The summed E-state index contributed by atoms with van der Waals surface area (Å²) in [6, 6.07) is 0. The summed E-state index contributed by atoms with van der Waals surface area (Å²) in [6.07, 6.45) is 1.39. The van der Waals surface area contributed by atoms with Crippen molar-refractivity contribution in [3.05, 3.63) is 0 Å². The summed E-state index contributed by atoms with van der Waals surface area (Å²) >= 11 is 0. The van der Waals surface area contributed by atoms with Crippen LogP contribution in [0.15, 0.2) is 0 Å². The van der Waals surface area contributed by atoms with E-state index in [1.165, 1.54) is 6.92 Å². The van der Waals surface area contributed by atoms with E-state index >= 15 is 0 Å². The molecule has 0 saturated heterocycles. The first kappa shape index (κ1) is 20.8. The van der Waals surface area contributed by atoms with E-state index in [0.717, 1.165) is 6.26 Å². The van der Waals surface area contributed by atoms with Crippen molar-refractivity contribution in [3.63, 3.8) is 0 Å². The van der Waals surface area contributed by atoms with Crippen LogP contribution in [0, 0.1) is 0 Å². The topological polar surface area (TPSA) is 130 Å². The molecular weight excluding hydrogens is 340 g/mol. The Morgan fingerprint density at radius 1 is 0.864 bits per heavy atom. The number of carbonyl (C=O) groups is 2. The molecule has 0 radical (unpaired) electrons. The number of ether oxygens (including phenoxy) is 2. The van der Waals surface area contributed by atoms with E-state index in [-0.39, 0.29) is 32.3 Å². The second-order valence-electron chi connectivity index (χ2n) is 4.37. The third-order valence-corrected chi connectivity index (χ3v) is 3.65. The van der Waals surface area contributed by atoms with Crippen LogP contribution in [-0.2, 0) is 43.2 Å². The summed E-state index contributed by atoms with van der Waals surface area (Å²) in [6.45, 7) is 1.44. The lowest BCUT2D eigenvalue weighted by Gasteiger charge is -2.06. The van der Waals surface area contributed by atoms with Gasteiger partial charge in [-0.15, -0.1) is 0 Å². The van der Waals surface area contributed by atoms with Crippen LogP contribution in [0.2, 0.25) is 0 Å². The quantitative estimate of drug-likeness (QED) is 0.283. The van der Waals surface area contributed by atoms with Gasteiger partial charge in [0.15, 0.2) is 15.8 Å². The molecule has 0 N–H and O–H groups in total. The molecule has 22 heavy (non-hydrogen) atoms. The second kappa shape index (κ2) is 9.74. The number of rotatable bonds is 11. The summed E-state index contributed by atoms with van der Waals surface area (Å²) in [4.78, 5) is 22.4. The molecule has 130 valence electrons. The van der Waals surface area contributed by atoms with E-state index in [2.05, 4.69) is 13.7 Å². The highest BCUT2D eigenvalue weighted by atomic mass is 32.2. The summed E-state index contributed by atoms with van der Waals surface area (Å²) in [5, 5.41) is 0. The molecule has 0 heterocycles. The Hall–Kier alpha value is -1.20. The summed E-state index contributed by atoms with van der Waals surface area (Å²) < 4.78 is 57.1. The van der Waals surface area contributed by atoms with Crippen molar-refractivity contribution >= 4 is 31.9 Å². The first-order valence-electron chi connectivity index (χ1n) is 6.42. The molecule has 0 aromatic rings. The van der Waals surface area contributed by atoms with E-state index < -0.39 is 43.8 Å². The van der Waals surface area contributed by atoms with E-state index in [9.17, 15) is 26.4 Å². The van der Waals surface area contributed by atoms with Crippen LogP contribution in [-0.4, -0.2) is 53.5 Å². The molecular formula is C11H20O9S2. The van der Waals surface area contributed by atoms with Crippen LogP contribution in [0.25, 0.3) is 0 Å². The van der Waals surface area contributed by atoms with Gasteiger partial charge in [-0.1, -0.05) is 0 Å². The third-order valence-electron chi connectivity index (χ3n) is 2.11. The van der Waals surface area contributed by atoms with Gasteiger partial charge >= 0.3 is 22.1 Å². The predicted octanol–water partition coefficient (Wildman–Crippen LogP) is -0.0409. The lowest BCUT2D eigenvalue weighted by atomic mass is 10.2. The number of sulfone groups is 1. The SMILES string of the molecule is CCOS(=O)(=O)COC(=O)CCCCC(=O)OCS(C)(=O)=O. The fraction of sp³-hybridized carbons (Fsp3) is 0.818. The zero-order valence-electron chi connectivity index (χ0n) is 12.4. The molecule has 0 aromatic carbocycles. The number of esters is 2. The molecule has 0 aromatic heterocycles. The fourth-order valence-corrected chi connectivity index (χ4v) is 2.26. The summed E-state index contributed by atoms with van der Waals surface area (Å²) in [5.41, 5.74) is 0. The maximum atomic E-state index is 11.3. The van der Waals surface area contributed by atoms with Crippen LogP contribution in [0.1, 0.15) is 32.6 Å². The van der Waals surface area contributed by atoms with Crippen molar-refractivity contribution in [3.8, 4) is 0 Å². The Morgan fingerprint density at radius 2 is 1.32 bits per heavy atom. The van der Waals surface area contributed by atoms with Crippen LogP contribution in [0.3, 0.4) is 0 Å². The normalized spacial score (nSPS) is 11.9. The van der Waals surface area contributed by atoms with E-state index in [4.69, 9.17) is 0 Å². The van der Waals surface area contributed by atoms with Crippen molar-refractivity contribution in [2.45, 2.75) is 32.6 Å². The minimum Gasteiger partial charge on any atom is -0.449 e. The largest absolute Gasteiger partial charge is 0.449 e. The average molecular weight is 360 g/mol. The summed E-state index contributed by atoms with van der Waals surface area (Å²) in [7, 11) is -7.24. The van der Waals surface area contributed by atoms with Crippen molar-refractivity contribution in [2.75, 3.05) is 24.7 Å². The van der Waals surface area contributed by atoms with Crippen LogP contribution in [0.4, 0.5) is 0 Å². The Kier molecular flexibility index (Phi) is 9.21. The monoisotopic (exact) mass is 360 g/mol. The molecule has 0 unspecified atom stereocenters. The highest BCUT2D eigenvalue weighted by molar-refractivity contribution is 7.90. The molecule has 0 fully saturated rings. The molecule has 0 aliphatic carbocycles. The van der Waals surface area contributed by atoms with Gasteiger partial charge in [0.1, 0.15) is 0 Å². The van der Waals surface area contributed by atoms with Crippen molar-refractivity contribution in [1.29, 1.82) is 0 Å². The first-order valence-corrected chi connectivity index (χ1v) is 10.1. The van der Waals surface area contributed by atoms with Gasteiger partial charge in [0.25, 0.3) is 0 Å². The zero-order valence-corrected chi connectivity index (χ0v) is 14.1. The van der Waals surface area contributed by atoms with E-state index in [0.29, 0.717) is 0 Å². The van der Waals surface area contributed by atoms with E-state index in [1.807, 2.05) is 0 Å². The molecule has 11 heteroatoms. The van der Waals surface area contributed by atoms with Gasteiger partial charge in [-0.05, 0) is 19.8 Å².